The number of nitrogens with zero attached hydrogens (tertiary/aromatic N) is 2. The van der Waals surface area contributed by atoms with Gasteiger partial charge in [0, 0.05) is 12.4 Å². The summed E-state index contributed by atoms with van der Waals surface area (Å²) in [6.07, 6.45) is 33.0. The third kappa shape index (κ3) is 40.9. The van der Waals surface area contributed by atoms with Crippen molar-refractivity contribution in [1.29, 1.82) is 0 Å². The van der Waals surface area contributed by atoms with Crippen molar-refractivity contribution in [2.24, 2.45) is 47.3 Å². The fourth-order valence-corrected chi connectivity index (χ4v) is 18.0. The fraction of sp³-hybridized carbons (Fsp3) is 0.438. The summed E-state index contributed by atoms with van der Waals surface area (Å²) in [6, 6.07) is 95.3. The Balaban J connectivity index is 0.000000221. The van der Waals surface area contributed by atoms with E-state index < -0.39 is 0 Å². The molecule has 0 radical (unpaired) electrons. The first-order valence-corrected chi connectivity index (χ1v) is 50.6. The molecule has 2 heteroatoms. The van der Waals surface area contributed by atoms with Crippen molar-refractivity contribution >= 4 is 21.5 Å². The third-order valence-corrected chi connectivity index (χ3v) is 27.4. The molecule has 1 aromatic heterocycles. The third-order valence-electron chi connectivity index (χ3n) is 27.4. The lowest BCUT2D eigenvalue weighted by molar-refractivity contribution is 0.155. The maximum Gasteiger partial charge on any atom is 0.125 e. The highest BCUT2D eigenvalue weighted by molar-refractivity contribution is 5.85. The molecule has 0 atom stereocenters. The van der Waals surface area contributed by atoms with E-state index in [9.17, 15) is 0 Å². The molecule has 0 spiro atoms. The van der Waals surface area contributed by atoms with Crippen LogP contribution < -0.4 is 0 Å². The number of aryl methyl sites for hydroxylation is 16. The molecule has 2 nitrogen and oxygen atoms in total. The van der Waals surface area contributed by atoms with Crippen molar-refractivity contribution in [2.75, 3.05) is 0 Å². The Morgan fingerprint density at radius 1 is 0.200 bits per heavy atom. The molecule has 5 fully saturated rings. The second-order valence-corrected chi connectivity index (χ2v) is 39.1. The Bertz CT molecular complexity index is 4910. The summed E-state index contributed by atoms with van der Waals surface area (Å²) in [5.74, 6) is 10.7. The predicted molar refractivity (Wildman–Crippen MR) is 578 cm³/mol. The van der Waals surface area contributed by atoms with Gasteiger partial charge < -0.3 is 0 Å². The molecule has 696 valence electrons. The molecular weight excluding hydrogens is 1570 g/mol. The summed E-state index contributed by atoms with van der Waals surface area (Å²) in [5.41, 5.74) is 28.4. The quantitative estimate of drug-likeness (QED) is 0.172. The molecule has 5 aliphatic carbocycles. The first kappa shape index (κ1) is 109. The van der Waals surface area contributed by atoms with Gasteiger partial charge in [0.05, 0.1) is 0 Å². The first-order chi connectivity index (χ1) is 62.5. The summed E-state index contributed by atoms with van der Waals surface area (Å²) < 4.78 is 0. The van der Waals surface area contributed by atoms with Crippen LogP contribution in [0.3, 0.4) is 0 Å². The van der Waals surface area contributed by atoms with Crippen molar-refractivity contribution in [1.82, 2.24) is 9.97 Å². The molecule has 1 heterocycles. The van der Waals surface area contributed by atoms with Gasteiger partial charge in [-0.3, -0.25) is 0 Å². The Labute approximate surface area is 795 Å². The summed E-state index contributed by atoms with van der Waals surface area (Å²) in [4.78, 5) is 7.94. The normalized spacial score (nSPS) is 19.2. The van der Waals surface area contributed by atoms with E-state index in [1.807, 2.05) is 53.9 Å². The van der Waals surface area contributed by atoms with Crippen LogP contribution in [0.2, 0.25) is 0 Å². The summed E-state index contributed by atoms with van der Waals surface area (Å²) in [6.45, 7) is 56.1. The molecule has 13 aromatic rings. The van der Waals surface area contributed by atoms with E-state index in [4.69, 9.17) is 0 Å². The molecular formula is C128H174N2. The standard InChI is InChI=1S/C14H26.2C14H20.2C14H14.2C11H10.2C9H12.C8H16.C6H8N2.2C2H6/c4*1-11-3-7-13(8-4-11)14-9-5-12(2)6-10-14;1-11-7-3-5-9-13(11)14-10-6-4-8-12(14)2;1-9-5-4-7-10-6-2-3-8-11(9)10;1-9-6-7-10-4-2-3-5-11(10)8-9;2*1-7-4-5-8(2)9(3)6-7;1-7-3-5-8(2)6-4-7;1-5-3-7-6(2)8-4-5;2*1-2/h11-14H,3-10H2,1-2H3;2*3-4,7-8,12,14H,5-6,9-10H2,1-2H3;2*3-10H,1-2H3;2*2-8H,1H3;2*4-6H,1-3H3;7-8H,3-6H2,1-2H3;3-4H,1-2H3;2*1-2H3. The van der Waals surface area contributed by atoms with E-state index in [1.165, 1.54) is 224 Å². The summed E-state index contributed by atoms with van der Waals surface area (Å²) in [7, 11) is 0. The van der Waals surface area contributed by atoms with Crippen LogP contribution in [0.25, 0.3) is 43.8 Å². The van der Waals surface area contributed by atoms with E-state index in [-0.39, 0.29) is 0 Å². The first-order valence-electron chi connectivity index (χ1n) is 50.6. The molecule has 0 amide bonds. The molecule has 0 aliphatic heterocycles. The second-order valence-electron chi connectivity index (χ2n) is 39.1. The van der Waals surface area contributed by atoms with Crippen LogP contribution >= 0.6 is 0 Å². The van der Waals surface area contributed by atoms with Gasteiger partial charge in [0.25, 0.3) is 0 Å². The van der Waals surface area contributed by atoms with Crippen molar-refractivity contribution in [3.63, 3.8) is 0 Å². The van der Waals surface area contributed by atoms with Crippen LogP contribution in [0.1, 0.15) is 310 Å². The van der Waals surface area contributed by atoms with E-state index in [0.29, 0.717) is 0 Å². The lowest BCUT2D eigenvalue weighted by atomic mass is 9.70. The highest BCUT2D eigenvalue weighted by atomic mass is 14.8. The van der Waals surface area contributed by atoms with E-state index in [2.05, 4.69) is 415 Å². The Morgan fingerprint density at radius 3 is 0.815 bits per heavy atom. The number of hydrogen-bond acceptors (Lipinski definition) is 2. The maximum atomic E-state index is 3.97. The average Bonchev–Trinajstić information content (AvgIpc) is 0.831. The number of benzene rings is 12. The smallest absolute Gasteiger partial charge is 0.125 e. The molecule has 130 heavy (non-hydrogen) atoms. The van der Waals surface area contributed by atoms with Crippen LogP contribution in [0.15, 0.2) is 279 Å². The number of hydrogen-bond donors (Lipinski definition) is 0. The molecule has 0 bridgehead atoms. The van der Waals surface area contributed by atoms with E-state index in [0.717, 1.165) is 70.6 Å². The van der Waals surface area contributed by atoms with Gasteiger partial charge in [-0.2, -0.15) is 0 Å². The van der Waals surface area contributed by atoms with Crippen molar-refractivity contribution in [2.45, 2.75) is 320 Å². The minimum atomic E-state index is 0.829. The maximum absolute atomic E-state index is 3.97. The molecule has 5 saturated carbocycles. The zero-order valence-electron chi connectivity index (χ0n) is 86.4. The van der Waals surface area contributed by atoms with Gasteiger partial charge in [0.1, 0.15) is 5.82 Å². The SMILES string of the molecule is CC.CC.CC1CCC(C)CC1.CC1CCC(C2CCC(C)CC2)CC1.Cc1ccc(-c2ccc(C)cc2)cc1.Cc1ccc(C)c(C)c1.Cc1ccc(C)c(C)c1.Cc1ccc(C2CCC(C)CC2)cc1.Cc1ccc(C2CCC(C)CC2)cc1.Cc1ccc2ccccc2c1.Cc1cccc2ccccc12.Cc1ccccc1-c1ccccc1C.Cc1cnc(C)nc1. The molecule has 0 saturated heterocycles. The van der Waals surface area contributed by atoms with E-state index >= 15 is 0 Å². The topological polar surface area (TPSA) is 25.8 Å². The van der Waals surface area contributed by atoms with Crippen molar-refractivity contribution in [3.05, 3.63) is 380 Å². The largest absolute Gasteiger partial charge is 0.241 e. The molecule has 0 N–H and O–H groups in total. The van der Waals surface area contributed by atoms with Gasteiger partial charge in [0.15, 0.2) is 0 Å². The molecule has 0 unspecified atom stereocenters. The van der Waals surface area contributed by atoms with Gasteiger partial charge in [-0.25, -0.2) is 9.97 Å². The van der Waals surface area contributed by atoms with Crippen molar-refractivity contribution in [3.8, 4) is 22.3 Å². The lowest BCUT2D eigenvalue weighted by Crippen LogP contribution is -2.24. The Kier molecular flexibility index (Phi) is 50.6. The zero-order chi connectivity index (χ0) is 94.9. The fourth-order valence-electron chi connectivity index (χ4n) is 18.0. The van der Waals surface area contributed by atoms with Crippen LogP contribution in [0, 0.1) is 158 Å². The van der Waals surface area contributed by atoms with Crippen LogP contribution in [0.4, 0.5) is 0 Å². The number of fused-ring (bicyclic) bond motifs is 2. The number of aromatic nitrogens is 2. The van der Waals surface area contributed by atoms with Crippen molar-refractivity contribution < 1.29 is 0 Å². The van der Waals surface area contributed by atoms with Gasteiger partial charge in [0.2, 0.25) is 0 Å². The highest BCUT2D eigenvalue weighted by Crippen LogP contribution is 2.42. The average molecular weight is 1740 g/mol. The van der Waals surface area contributed by atoms with E-state index in [1.54, 1.807) is 36.8 Å². The Hall–Kier alpha value is -9.76. The Morgan fingerprint density at radius 2 is 0.477 bits per heavy atom. The molecule has 12 aromatic carbocycles. The summed E-state index contributed by atoms with van der Waals surface area (Å²) in [5, 5.41) is 5.33. The highest BCUT2D eigenvalue weighted by Gasteiger charge is 2.29. The van der Waals surface area contributed by atoms with Crippen LogP contribution in [-0.4, -0.2) is 9.97 Å². The van der Waals surface area contributed by atoms with Gasteiger partial charge in [-0.1, -0.05) is 452 Å². The predicted octanol–water partition coefficient (Wildman–Crippen LogP) is 38.7. The molecule has 5 aliphatic rings. The lowest BCUT2D eigenvalue weighted by Gasteiger charge is -2.36. The number of rotatable bonds is 5. The summed E-state index contributed by atoms with van der Waals surface area (Å²) >= 11 is 0. The van der Waals surface area contributed by atoms with Gasteiger partial charge in [-0.15, -0.1) is 0 Å². The second kappa shape index (κ2) is 60.3. The monoisotopic (exact) mass is 1740 g/mol. The minimum Gasteiger partial charge on any atom is -0.241 e. The van der Waals surface area contributed by atoms with Gasteiger partial charge >= 0.3 is 0 Å². The van der Waals surface area contributed by atoms with Crippen LogP contribution in [-0.2, 0) is 0 Å². The van der Waals surface area contributed by atoms with Crippen LogP contribution in [0.5, 0.6) is 0 Å². The zero-order valence-corrected chi connectivity index (χ0v) is 86.4. The molecule has 18 rings (SSSR count). The van der Waals surface area contributed by atoms with Gasteiger partial charge in [-0.05, 0) is 321 Å². The minimum absolute atomic E-state index is 0.829.